The molecule has 0 aliphatic heterocycles. The Balaban J connectivity index is 2.29. The average Bonchev–Trinajstić information content (AvgIpc) is 2.65. The van der Waals surface area contributed by atoms with Crippen molar-refractivity contribution in [2.75, 3.05) is 19.0 Å². The molecular weight excluding hydrogens is 358 g/mol. The predicted octanol–water partition coefficient (Wildman–Crippen LogP) is 3.55. The minimum absolute atomic E-state index is 0.0921. The van der Waals surface area contributed by atoms with Gasteiger partial charge in [-0.1, -0.05) is 6.92 Å². The van der Waals surface area contributed by atoms with Crippen LogP contribution in [0.2, 0.25) is 0 Å². The van der Waals surface area contributed by atoms with E-state index in [9.17, 15) is 25.0 Å². The molecule has 0 aromatic heterocycles. The summed E-state index contributed by atoms with van der Waals surface area (Å²) in [6.07, 6.45) is 0.845. The second-order valence-corrected chi connectivity index (χ2v) is 5.39. The highest BCUT2D eigenvalue weighted by Crippen LogP contribution is 2.39. The monoisotopic (exact) mass is 375 g/mol. The summed E-state index contributed by atoms with van der Waals surface area (Å²) in [6.45, 7) is 2.51. The fraction of sp³-hybridized carbons (Fsp3) is 0.235. The predicted molar refractivity (Wildman–Crippen MR) is 96.5 cm³/mol. The van der Waals surface area contributed by atoms with Gasteiger partial charge in [-0.15, -0.1) is 0 Å². The number of amides is 1. The molecule has 0 saturated carbocycles. The van der Waals surface area contributed by atoms with Crippen LogP contribution in [0.25, 0.3) is 0 Å². The first-order valence-electron chi connectivity index (χ1n) is 7.92. The molecular formula is C17H17N3O7. The lowest BCUT2D eigenvalue weighted by molar-refractivity contribution is -0.395. The first-order valence-corrected chi connectivity index (χ1v) is 7.92. The first kappa shape index (κ1) is 19.6. The van der Waals surface area contributed by atoms with Crippen molar-refractivity contribution in [3.63, 3.8) is 0 Å². The van der Waals surface area contributed by atoms with Gasteiger partial charge in [-0.25, -0.2) is 0 Å². The first-order chi connectivity index (χ1) is 12.9. The SMILES string of the molecule is CCCOc1ccc(C(=O)Nc2cc([N+](=O)[O-])c(OC)c([N+](=O)[O-])c2)cc1. The third kappa shape index (κ3) is 4.69. The molecule has 1 N–H and O–H groups in total. The number of nitro benzene ring substituents is 2. The van der Waals surface area contributed by atoms with E-state index >= 15 is 0 Å². The maximum absolute atomic E-state index is 12.3. The van der Waals surface area contributed by atoms with E-state index in [4.69, 9.17) is 9.47 Å². The lowest BCUT2D eigenvalue weighted by Gasteiger charge is -2.09. The Hall–Kier alpha value is -3.69. The van der Waals surface area contributed by atoms with Crippen LogP contribution in [-0.4, -0.2) is 29.5 Å². The smallest absolute Gasteiger partial charge is 0.320 e. The molecule has 0 aliphatic rings. The van der Waals surface area contributed by atoms with Gasteiger partial charge >= 0.3 is 11.4 Å². The number of hydrogen-bond donors (Lipinski definition) is 1. The summed E-state index contributed by atoms with van der Waals surface area (Å²) in [4.78, 5) is 33.0. The van der Waals surface area contributed by atoms with Crippen LogP contribution in [0.1, 0.15) is 23.7 Å². The molecule has 0 unspecified atom stereocenters. The van der Waals surface area contributed by atoms with E-state index in [1.165, 1.54) is 12.1 Å². The van der Waals surface area contributed by atoms with E-state index in [-0.39, 0.29) is 11.3 Å². The van der Waals surface area contributed by atoms with Gasteiger partial charge in [0.05, 0.1) is 29.3 Å². The topological polar surface area (TPSA) is 134 Å². The van der Waals surface area contributed by atoms with Crippen LogP contribution in [0.3, 0.4) is 0 Å². The Morgan fingerprint density at radius 1 is 1.07 bits per heavy atom. The standard InChI is InChI=1S/C17H17N3O7/c1-3-8-27-13-6-4-11(5-7-13)17(21)18-12-9-14(19(22)23)16(26-2)15(10-12)20(24)25/h4-7,9-10H,3,8H2,1-2H3,(H,18,21). The minimum Gasteiger partial charge on any atom is -0.494 e. The van der Waals surface area contributed by atoms with Crippen molar-refractivity contribution in [2.45, 2.75) is 13.3 Å². The van der Waals surface area contributed by atoms with Crippen LogP contribution < -0.4 is 14.8 Å². The Labute approximate surface area is 154 Å². The van der Waals surface area contributed by atoms with Gasteiger partial charge < -0.3 is 14.8 Å². The van der Waals surface area contributed by atoms with E-state index in [2.05, 4.69) is 5.32 Å². The van der Waals surface area contributed by atoms with Gasteiger partial charge in [-0.05, 0) is 30.7 Å². The fourth-order valence-corrected chi connectivity index (χ4v) is 2.28. The third-order valence-electron chi connectivity index (χ3n) is 3.49. The number of benzene rings is 2. The number of hydrogen-bond acceptors (Lipinski definition) is 7. The number of carbonyl (C=O) groups excluding carboxylic acids is 1. The lowest BCUT2D eigenvalue weighted by Crippen LogP contribution is -2.12. The van der Waals surface area contributed by atoms with Crippen molar-refractivity contribution >= 4 is 23.0 Å². The lowest BCUT2D eigenvalue weighted by atomic mass is 10.2. The molecule has 0 saturated heterocycles. The normalized spacial score (nSPS) is 10.1. The van der Waals surface area contributed by atoms with Gasteiger partial charge in [0.1, 0.15) is 5.75 Å². The third-order valence-corrected chi connectivity index (χ3v) is 3.49. The van der Waals surface area contributed by atoms with Gasteiger partial charge in [0.2, 0.25) is 0 Å². The highest BCUT2D eigenvalue weighted by atomic mass is 16.6. The van der Waals surface area contributed by atoms with Crippen molar-refractivity contribution in [2.24, 2.45) is 0 Å². The minimum atomic E-state index is -0.818. The molecule has 0 radical (unpaired) electrons. The zero-order chi connectivity index (χ0) is 20.0. The largest absolute Gasteiger partial charge is 0.494 e. The van der Waals surface area contributed by atoms with Gasteiger partial charge in [0.15, 0.2) is 0 Å². The highest BCUT2D eigenvalue weighted by Gasteiger charge is 2.28. The van der Waals surface area contributed by atoms with Gasteiger partial charge in [0.25, 0.3) is 11.7 Å². The number of anilines is 1. The van der Waals surface area contributed by atoms with Crippen LogP contribution in [0.5, 0.6) is 11.5 Å². The van der Waals surface area contributed by atoms with Crippen LogP contribution in [0.4, 0.5) is 17.1 Å². The van der Waals surface area contributed by atoms with Crippen molar-refractivity contribution in [1.82, 2.24) is 0 Å². The molecule has 0 spiro atoms. The number of ether oxygens (including phenoxy) is 2. The number of nitrogens with zero attached hydrogens (tertiary/aromatic N) is 2. The van der Waals surface area contributed by atoms with E-state index in [1.54, 1.807) is 12.1 Å². The molecule has 0 atom stereocenters. The van der Waals surface area contributed by atoms with Crippen molar-refractivity contribution in [3.05, 3.63) is 62.2 Å². The van der Waals surface area contributed by atoms with E-state index < -0.39 is 32.9 Å². The quantitative estimate of drug-likeness (QED) is 0.550. The Morgan fingerprint density at radius 3 is 2.07 bits per heavy atom. The zero-order valence-corrected chi connectivity index (χ0v) is 14.6. The van der Waals surface area contributed by atoms with Gasteiger partial charge in [-0.3, -0.25) is 25.0 Å². The molecule has 0 fully saturated rings. The molecule has 2 rings (SSSR count). The molecule has 27 heavy (non-hydrogen) atoms. The van der Waals surface area contributed by atoms with Crippen LogP contribution >= 0.6 is 0 Å². The van der Waals surface area contributed by atoms with Crippen molar-refractivity contribution in [3.8, 4) is 11.5 Å². The number of nitrogens with one attached hydrogen (secondary N) is 1. The van der Waals surface area contributed by atoms with Gasteiger partial charge in [0, 0.05) is 17.7 Å². The zero-order valence-electron chi connectivity index (χ0n) is 14.6. The molecule has 0 aliphatic carbocycles. The summed E-state index contributed by atoms with van der Waals surface area (Å²) in [5.41, 5.74) is -1.07. The molecule has 142 valence electrons. The number of rotatable bonds is 8. The molecule has 0 bridgehead atoms. The van der Waals surface area contributed by atoms with E-state index in [0.29, 0.717) is 12.4 Å². The summed E-state index contributed by atoms with van der Waals surface area (Å²) in [5.74, 6) is -0.463. The average molecular weight is 375 g/mol. The Bertz CT molecular complexity index is 830. The summed E-state index contributed by atoms with van der Waals surface area (Å²) >= 11 is 0. The summed E-state index contributed by atoms with van der Waals surface area (Å²) in [7, 11) is 1.09. The number of methoxy groups -OCH3 is 1. The Kier molecular flexibility index (Phi) is 6.26. The molecule has 10 heteroatoms. The van der Waals surface area contributed by atoms with E-state index in [0.717, 1.165) is 25.7 Å². The summed E-state index contributed by atoms with van der Waals surface area (Å²) < 4.78 is 10.2. The summed E-state index contributed by atoms with van der Waals surface area (Å²) in [6, 6.07) is 8.28. The highest BCUT2D eigenvalue weighted by molar-refractivity contribution is 6.04. The van der Waals surface area contributed by atoms with Crippen LogP contribution in [0, 0.1) is 20.2 Å². The van der Waals surface area contributed by atoms with Crippen LogP contribution in [0.15, 0.2) is 36.4 Å². The second-order valence-electron chi connectivity index (χ2n) is 5.39. The van der Waals surface area contributed by atoms with Gasteiger partial charge in [-0.2, -0.15) is 0 Å². The molecule has 10 nitrogen and oxygen atoms in total. The van der Waals surface area contributed by atoms with E-state index in [1.807, 2.05) is 6.92 Å². The second kappa shape index (κ2) is 8.61. The molecule has 0 heterocycles. The molecule has 2 aromatic carbocycles. The van der Waals surface area contributed by atoms with Crippen LogP contribution in [-0.2, 0) is 0 Å². The van der Waals surface area contributed by atoms with Crippen molar-refractivity contribution in [1.29, 1.82) is 0 Å². The maximum atomic E-state index is 12.3. The van der Waals surface area contributed by atoms with Crippen molar-refractivity contribution < 1.29 is 24.1 Å². The maximum Gasteiger partial charge on any atom is 0.320 e. The fourth-order valence-electron chi connectivity index (χ4n) is 2.28. The molecule has 1 amide bonds. The Morgan fingerprint density at radius 2 is 1.63 bits per heavy atom. The molecule has 2 aromatic rings. The summed E-state index contributed by atoms with van der Waals surface area (Å²) in [5, 5.41) is 24.7. The number of nitro groups is 2. The number of carbonyl (C=O) groups is 1.